The van der Waals surface area contributed by atoms with Gasteiger partial charge in [-0.05, 0) is 36.2 Å². The highest BCUT2D eigenvalue weighted by Gasteiger charge is 2.28. The zero-order chi connectivity index (χ0) is 23.8. The van der Waals surface area contributed by atoms with Crippen LogP contribution in [-0.4, -0.2) is 31.5 Å². The second-order valence-electron chi connectivity index (χ2n) is 8.76. The van der Waals surface area contributed by atoms with Crippen molar-refractivity contribution >= 4 is 45.6 Å². The van der Waals surface area contributed by atoms with Crippen molar-refractivity contribution in [3.05, 3.63) is 88.0 Å². The summed E-state index contributed by atoms with van der Waals surface area (Å²) < 4.78 is 5.75. The summed E-state index contributed by atoms with van der Waals surface area (Å²) in [5.41, 5.74) is 5.57. The van der Waals surface area contributed by atoms with Gasteiger partial charge in [0, 0.05) is 64.8 Å². The molecule has 1 aliphatic heterocycles. The van der Waals surface area contributed by atoms with Crippen molar-refractivity contribution in [3.8, 4) is 16.9 Å². The Balaban J connectivity index is 1.57. The highest BCUT2D eigenvalue weighted by molar-refractivity contribution is 6.35. The Kier molecular flexibility index (Phi) is 6.20. The zero-order valence-electron chi connectivity index (χ0n) is 19.0. The van der Waals surface area contributed by atoms with Gasteiger partial charge in [-0.2, -0.15) is 0 Å². The standard InChI is InChI=1S/C28H24Cl2N2O2/c1-32(2)28-18(14-25(33)22-10-11-34-26-9-4-3-6-23(22)26)16-31-27-21(7-5-8-24(27)28)17-12-19(29)15-20(30)13-17/h3-9,12-13,15-16,22H,10-11,14H2,1-2H3. The SMILES string of the molecule is CN(C)c1c(CC(=O)C2CCOc3ccccc32)cnc2c(-c3cc(Cl)cc(Cl)c3)cccc12. The summed E-state index contributed by atoms with van der Waals surface area (Å²) in [6.45, 7) is 0.551. The van der Waals surface area contributed by atoms with E-state index >= 15 is 0 Å². The molecule has 1 atom stereocenters. The number of benzene rings is 3. The Bertz CT molecular complexity index is 1380. The first kappa shape index (κ1) is 22.7. The van der Waals surface area contributed by atoms with Crippen molar-refractivity contribution in [2.45, 2.75) is 18.8 Å². The second-order valence-corrected chi connectivity index (χ2v) is 9.63. The summed E-state index contributed by atoms with van der Waals surface area (Å²) >= 11 is 12.5. The van der Waals surface area contributed by atoms with E-state index < -0.39 is 0 Å². The number of ketones is 1. The molecule has 0 N–H and O–H groups in total. The van der Waals surface area contributed by atoms with Crippen LogP contribution in [0.25, 0.3) is 22.0 Å². The molecule has 34 heavy (non-hydrogen) atoms. The molecule has 5 rings (SSSR count). The molecule has 0 amide bonds. The predicted molar refractivity (Wildman–Crippen MR) is 140 cm³/mol. The molecule has 3 aromatic carbocycles. The highest BCUT2D eigenvalue weighted by atomic mass is 35.5. The fourth-order valence-electron chi connectivity index (χ4n) is 4.84. The quantitative estimate of drug-likeness (QED) is 0.303. The summed E-state index contributed by atoms with van der Waals surface area (Å²) in [5.74, 6) is 0.815. The van der Waals surface area contributed by atoms with E-state index in [9.17, 15) is 4.79 Å². The first-order chi connectivity index (χ1) is 16.4. The van der Waals surface area contributed by atoms with Gasteiger partial charge in [0.25, 0.3) is 0 Å². The topological polar surface area (TPSA) is 42.4 Å². The van der Waals surface area contributed by atoms with E-state index in [2.05, 4.69) is 4.90 Å². The van der Waals surface area contributed by atoms with Crippen LogP contribution < -0.4 is 9.64 Å². The molecule has 2 heterocycles. The minimum Gasteiger partial charge on any atom is -0.493 e. The number of carbonyl (C=O) groups is 1. The number of hydrogen-bond donors (Lipinski definition) is 0. The number of nitrogens with zero attached hydrogens (tertiary/aromatic N) is 2. The molecule has 0 radical (unpaired) electrons. The molecule has 4 nitrogen and oxygen atoms in total. The number of ether oxygens (including phenoxy) is 1. The smallest absolute Gasteiger partial charge is 0.145 e. The molecule has 4 aromatic rings. The maximum atomic E-state index is 13.5. The molecule has 1 aromatic heterocycles. The van der Waals surface area contributed by atoms with E-state index in [1.54, 1.807) is 6.07 Å². The fourth-order valence-corrected chi connectivity index (χ4v) is 5.36. The molecule has 1 unspecified atom stereocenters. The van der Waals surface area contributed by atoms with E-state index in [4.69, 9.17) is 32.9 Å². The van der Waals surface area contributed by atoms with Crippen molar-refractivity contribution in [3.63, 3.8) is 0 Å². The summed E-state index contributed by atoms with van der Waals surface area (Å²) in [4.78, 5) is 20.3. The van der Waals surface area contributed by atoms with Gasteiger partial charge >= 0.3 is 0 Å². The molecule has 0 aliphatic carbocycles. The van der Waals surface area contributed by atoms with Gasteiger partial charge in [0.1, 0.15) is 11.5 Å². The van der Waals surface area contributed by atoms with Crippen LogP contribution in [0.15, 0.2) is 66.9 Å². The lowest BCUT2D eigenvalue weighted by molar-refractivity contribution is -0.120. The van der Waals surface area contributed by atoms with Gasteiger partial charge in [0.15, 0.2) is 0 Å². The molecule has 0 saturated heterocycles. The lowest BCUT2D eigenvalue weighted by Crippen LogP contribution is -2.23. The summed E-state index contributed by atoms with van der Waals surface area (Å²) in [6.07, 6.45) is 2.83. The van der Waals surface area contributed by atoms with Crippen LogP contribution in [0.4, 0.5) is 5.69 Å². The number of fused-ring (bicyclic) bond motifs is 2. The van der Waals surface area contributed by atoms with Gasteiger partial charge in [-0.25, -0.2) is 0 Å². The van der Waals surface area contributed by atoms with Crippen LogP contribution >= 0.6 is 23.2 Å². The molecule has 0 fully saturated rings. The summed E-state index contributed by atoms with van der Waals surface area (Å²) in [7, 11) is 3.99. The number of carbonyl (C=O) groups excluding carboxylic acids is 1. The van der Waals surface area contributed by atoms with Gasteiger partial charge in [0.2, 0.25) is 0 Å². The van der Waals surface area contributed by atoms with Crippen LogP contribution in [0.3, 0.4) is 0 Å². The Hall–Kier alpha value is -3.08. The number of pyridine rings is 1. The molecule has 172 valence electrons. The molecule has 1 aliphatic rings. The van der Waals surface area contributed by atoms with Crippen LogP contribution in [0.5, 0.6) is 5.75 Å². The van der Waals surface area contributed by atoms with Crippen LogP contribution in [0, 0.1) is 0 Å². The van der Waals surface area contributed by atoms with Gasteiger partial charge in [0.05, 0.1) is 17.8 Å². The van der Waals surface area contributed by atoms with Gasteiger partial charge in [-0.15, -0.1) is 0 Å². The first-order valence-corrected chi connectivity index (χ1v) is 12.0. The number of aromatic nitrogens is 1. The van der Waals surface area contributed by atoms with Crippen LogP contribution in [0.2, 0.25) is 10.0 Å². The third-order valence-electron chi connectivity index (χ3n) is 6.28. The molecule has 0 spiro atoms. The number of anilines is 1. The molecular formula is C28H24Cl2N2O2. The van der Waals surface area contributed by atoms with Crippen LogP contribution in [-0.2, 0) is 11.2 Å². The van der Waals surface area contributed by atoms with Crippen LogP contribution in [0.1, 0.15) is 23.5 Å². The maximum absolute atomic E-state index is 13.5. The van der Waals surface area contributed by atoms with E-state index in [-0.39, 0.29) is 11.7 Å². The zero-order valence-corrected chi connectivity index (χ0v) is 20.5. The van der Waals surface area contributed by atoms with E-state index in [1.807, 2.05) is 74.9 Å². The van der Waals surface area contributed by atoms with Crippen molar-refractivity contribution in [2.75, 3.05) is 25.6 Å². The van der Waals surface area contributed by atoms with Crippen molar-refractivity contribution in [2.24, 2.45) is 0 Å². The lowest BCUT2D eigenvalue weighted by Gasteiger charge is -2.26. The van der Waals surface area contributed by atoms with Crippen molar-refractivity contribution in [1.29, 1.82) is 0 Å². The predicted octanol–water partition coefficient (Wildman–Crippen LogP) is 6.95. The highest BCUT2D eigenvalue weighted by Crippen LogP contribution is 2.38. The number of para-hydroxylation sites is 2. The Morgan fingerprint density at radius 1 is 1.06 bits per heavy atom. The van der Waals surface area contributed by atoms with E-state index in [0.29, 0.717) is 29.5 Å². The molecule has 0 bridgehead atoms. The number of rotatable bonds is 5. The average Bonchev–Trinajstić information content (AvgIpc) is 2.82. The first-order valence-electron chi connectivity index (χ1n) is 11.2. The Morgan fingerprint density at radius 2 is 1.82 bits per heavy atom. The van der Waals surface area contributed by atoms with Crippen molar-refractivity contribution < 1.29 is 9.53 Å². The van der Waals surface area contributed by atoms with Gasteiger partial charge in [-0.3, -0.25) is 9.78 Å². The third kappa shape index (κ3) is 4.24. The van der Waals surface area contributed by atoms with Crippen molar-refractivity contribution in [1.82, 2.24) is 4.98 Å². The monoisotopic (exact) mass is 490 g/mol. The fraction of sp³-hybridized carbons (Fsp3) is 0.214. The largest absolute Gasteiger partial charge is 0.493 e. The summed E-state index contributed by atoms with van der Waals surface area (Å²) in [6, 6.07) is 19.4. The Morgan fingerprint density at radius 3 is 2.59 bits per heavy atom. The molecule has 0 saturated carbocycles. The number of hydrogen-bond acceptors (Lipinski definition) is 4. The molecule has 6 heteroatoms. The third-order valence-corrected chi connectivity index (χ3v) is 6.71. The summed E-state index contributed by atoms with van der Waals surface area (Å²) in [5, 5.41) is 2.13. The lowest BCUT2D eigenvalue weighted by atomic mass is 9.86. The second kappa shape index (κ2) is 9.28. The number of Topliss-reactive ketones (excluding diaryl/α,β-unsaturated/α-hetero) is 1. The number of halogens is 2. The Labute approximate surface area is 209 Å². The van der Waals surface area contributed by atoms with Gasteiger partial charge < -0.3 is 9.64 Å². The molecular weight excluding hydrogens is 467 g/mol. The normalized spacial score (nSPS) is 15.0. The van der Waals surface area contributed by atoms with E-state index in [0.717, 1.165) is 44.6 Å². The maximum Gasteiger partial charge on any atom is 0.145 e. The van der Waals surface area contributed by atoms with Gasteiger partial charge in [-0.1, -0.05) is 59.6 Å². The van der Waals surface area contributed by atoms with E-state index in [1.165, 1.54) is 0 Å². The average molecular weight is 491 g/mol. The minimum atomic E-state index is -0.171. The minimum absolute atomic E-state index is 0.171.